The summed E-state index contributed by atoms with van der Waals surface area (Å²) in [6.07, 6.45) is 2.00. The zero-order valence-electron chi connectivity index (χ0n) is 11.0. The van der Waals surface area contributed by atoms with Crippen molar-refractivity contribution < 1.29 is 14.3 Å². The smallest absolute Gasteiger partial charge is 0.254 e. The molecule has 1 aromatic rings. The molecule has 1 fully saturated rings. The molecule has 0 atom stereocenters. The molecule has 0 unspecified atom stereocenters. The molecule has 0 radical (unpaired) electrons. The third-order valence-corrected chi connectivity index (χ3v) is 3.67. The van der Waals surface area contributed by atoms with Crippen molar-refractivity contribution >= 4 is 5.91 Å². The average molecular weight is 262 g/mol. The van der Waals surface area contributed by atoms with Crippen molar-refractivity contribution in [2.75, 3.05) is 19.9 Å². The number of ether oxygens (including phenoxy) is 2. The van der Waals surface area contributed by atoms with E-state index in [1.54, 1.807) is 23.1 Å². The molecular weight excluding hydrogens is 244 g/mol. The van der Waals surface area contributed by atoms with Gasteiger partial charge in [-0.25, -0.2) is 0 Å². The zero-order chi connectivity index (χ0) is 13.5. The van der Waals surface area contributed by atoms with Gasteiger partial charge in [0.15, 0.2) is 11.5 Å². The molecule has 0 bridgehead atoms. The molecule has 102 valence electrons. The van der Waals surface area contributed by atoms with Gasteiger partial charge >= 0.3 is 0 Å². The van der Waals surface area contributed by atoms with Crippen molar-refractivity contribution in [3.63, 3.8) is 0 Å². The van der Waals surface area contributed by atoms with Gasteiger partial charge in [0, 0.05) is 18.7 Å². The summed E-state index contributed by atoms with van der Waals surface area (Å²) >= 11 is 0. The van der Waals surface area contributed by atoms with Crippen molar-refractivity contribution in [3.05, 3.63) is 23.8 Å². The Morgan fingerprint density at radius 3 is 2.84 bits per heavy atom. The van der Waals surface area contributed by atoms with Gasteiger partial charge in [0.25, 0.3) is 5.91 Å². The molecule has 0 saturated carbocycles. The van der Waals surface area contributed by atoms with Crippen LogP contribution in [-0.2, 0) is 0 Å². The number of hydrogen-bond donors (Lipinski definition) is 1. The topological polar surface area (TPSA) is 64.8 Å². The van der Waals surface area contributed by atoms with E-state index in [0.29, 0.717) is 30.2 Å². The second-order valence-corrected chi connectivity index (χ2v) is 5.34. The van der Waals surface area contributed by atoms with Crippen LogP contribution in [0.15, 0.2) is 18.2 Å². The van der Waals surface area contributed by atoms with Gasteiger partial charge in [0.1, 0.15) is 0 Å². The lowest BCUT2D eigenvalue weighted by molar-refractivity contribution is 0.0386. The van der Waals surface area contributed by atoms with Crippen LogP contribution in [-0.4, -0.2) is 36.2 Å². The highest BCUT2D eigenvalue weighted by Gasteiger charge is 2.41. The Balaban J connectivity index is 1.69. The van der Waals surface area contributed by atoms with Crippen LogP contribution in [0.25, 0.3) is 0 Å². The fraction of sp³-hybridized carbons (Fsp3) is 0.500. The van der Waals surface area contributed by atoms with E-state index >= 15 is 0 Å². The lowest BCUT2D eigenvalue weighted by Crippen LogP contribution is -2.68. The number of fused-ring (bicyclic) bond motifs is 1. The van der Waals surface area contributed by atoms with E-state index in [1.807, 2.05) is 0 Å². The fourth-order valence-corrected chi connectivity index (χ4v) is 2.73. The molecule has 2 heterocycles. The SMILES string of the molecule is CCCC1(N)CN(C(=O)c2ccc3c(c2)OCO3)C1. The Hall–Kier alpha value is -1.75. The van der Waals surface area contributed by atoms with Gasteiger partial charge in [-0.2, -0.15) is 0 Å². The Kier molecular flexibility index (Phi) is 2.86. The standard InChI is InChI=1S/C14H18N2O3/c1-2-5-14(15)7-16(8-14)13(17)10-3-4-11-12(6-10)19-9-18-11/h3-4,6H,2,5,7-9,15H2,1H3. The van der Waals surface area contributed by atoms with Crippen molar-refractivity contribution in [3.8, 4) is 11.5 Å². The Labute approximate surface area is 112 Å². The summed E-state index contributed by atoms with van der Waals surface area (Å²) in [5.41, 5.74) is 6.61. The van der Waals surface area contributed by atoms with Gasteiger partial charge in [0.05, 0.1) is 5.54 Å². The van der Waals surface area contributed by atoms with E-state index in [9.17, 15) is 4.79 Å². The maximum atomic E-state index is 12.3. The van der Waals surface area contributed by atoms with Gasteiger partial charge in [-0.3, -0.25) is 4.79 Å². The second-order valence-electron chi connectivity index (χ2n) is 5.34. The molecule has 1 aromatic carbocycles. The quantitative estimate of drug-likeness (QED) is 0.893. The van der Waals surface area contributed by atoms with Crippen molar-refractivity contribution in [1.29, 1.82) is 0 Å². The first-order valence-corrected chi connectivity index (χ1v) is 6.59. The highest BCUT2D eigenvalue weighted by molar-refractivity contribution is 5.95. The number of amides is 1. The molecule has 1 saturated heterocycles. The third-order valence-electron chi connectivity index (χ3n) is 3.67. The minimum absolute atomic E-state index is 0.00970. The van der Waals surface area contributed by atoms with Gasteiger partial charge in [-0.15, -0.1) is 0 Å². The highest BCUT2D eigenvalue weighted by atomic mass is 16.7. The number of carbonyl (C=O) groups is 1. The second kappa shape index (κ2) is 4.42. The number of carbonyl (C=O) groups excluding carboxylic acids is 1. The summed E-state index contributed by atoms with van der Waals surface area (Å²) in [7, 11) is 0. The van der Waals surface area contributed by atoms with Crippen LogP contribution in [0.1, 0.15) is 30.1 Å². The minimum Gasteiger partial charge on any atom is -0.454 e. The molecule has 2 aliphatic heterocycles. The Morgan fingerprint density at radius 1 is 1.37 bits per heavy atom. The maximum absolute atomic E-state index is 12.3. The minimum atomic E-state index is -0.194. The van der Waals surface area contributed by atoms with Crippen molar-refractivity contribution in [2.45, 2.75) is 25.3 Å². The molecule has 3 rings (SSSR count). The maximum Gasteiger partial charge on any atom is 0.254 e. The van der Waals surface area contributed by atoms with Crippen molar-refractivity contribution in [2.24, 2.45) is 5.73 Å². The van der Waals surface area contributed by atoms with E-state index in [-0.39, 0.29) is 18.2 Å². The van der Waals surface area contributed by atoms with E-state index in [0.717, 1.165) is 12.8 Å². The fourth-order valence-electron chi connectivity index (χ4n) is 2.73. The number of rotatable bonds is 3. The summed E-state index contributed by atoms with van der Waals surface area (Å²) < 4.78 is 10.5. The lowest BCUT2D eigenvalue weighted by atomic mass is 9.86. The van der Waals surface area contributed by atoms with Gasteiger partial charge < -0.3 is 20.1 Å². The van der Waals surface area contributed by atoms with E-state index in [4.69, 9.17) is 15.2 Å². The number of hydrogen-bond acceptors (Lipinski definition) is 4. The van der Waals surface area contributed by atoms with Crippen LogP contribution in [0.5, 0.6) is 11.5 Å². The first kappa shape index (κ1) is 12.3. The van der Waals surface area contributed by atoms with E-state index < -0.39 is 0 Å². The van der Waals surface area contributed by atoms with Gasteiger partial charge in [-0.05, 0) is 24.6 Å². The normalized spacial score (nSPS) is 19.2. The number of nitrogens with two attached hydrogens (primary N) is 1. The third kappa shape index (κ3) is 2.14. The zero-order valence-corrected chi connectivity index (χ0v) is 11.0. The van der Waals surface area contributed by atoms with Crippen LogP contribution in [0.2, 0.25) is 0 Å². The molecule has 0 spiro atoms. The van der Waals surface area contributed by atoms with Crippen molar-refractivity contribution in [1.82, 2.24) is 4.90 Å². The lowest BCUT2D eigenvalue weighted by Gasteiger charge is -2.47. The molecular formula is C14H18N2O3. The Morgan fingerprint density at radius 2 is 2.11 bits per heavy atom. The predicted molar refractivity (Wildman–Crippen MR) is 70.3 cm³/mol. The van der Waals surface area contributed by atoms with Crippen LogP contribution >= 0.6 is 0 Å². The molecule has 1 amide bonds. The molecule has 0 aromatic heterocycles. The molecule has 5 heteroatoms. The first-order valence-electron chi connectivity index (χ1n) is 6.59. The molecule has 0 aliphatic carbocycles. The largest absolute Gasteiger partial charge is 0.454 e. The first-order chi connectivity index (χ1) is 9.11. The van der Waals surface area contributed by atoms with Crippen LogP contribution < -0.4 is 15.2 Å². The summed E-state index contributed by atoms with van der Waals surface area (Å²) in [4.78, 5) is 14.1. The van der Waals surface area contributed by atoms with Crippen LogP contribution in [0, 0.1) is 0 Å². The highest BCUT2D eigenvalue weighted by Crippen LogP contribution is 2.33. The van der Waals surface area contributed by atoms with E-state index in [1.165, 1.54) is 0 Å². The average Bonchev–Trinajstić information content (AvgIpc) is 2.82. The number of benzene rings is 1. The summed E-state index contributed by atoms with van der Waals surface area (Å²) in [5, 5.41) is 0. The monoisotopic (exact) mass is 262 g/mol. The molecule has 2 aliphatic rings. The van der Waals surface area contributed by atoms with Gasteiger partial charge in [0.2, 0.25) is 6.79 Å². The summed E-state index contributed by atoms with van der Waals surface area (Å²) in [6.45, 7) is 3.60. The van der Waals surface area contributed by atoms with Crippen LogP contribution in [0.3, 0.4) is 0 Å². The number of likely N-dealkylation sites (tertiary alicyclic amines) is 1. The Bertz CT molecular complexity index is 509. The summed E-state index contributed by atoms with van der Waals surface area (Å²) in [5.74, 6) is 1.34. The molecule has 2 N–H and O–H groups in total. The molecule has 19 heavy (non-hydrogen) atoms. The molecule has 5 nitrogen and oxygen atoms in total. The predicted octanol–water partition coefficient (Wildman–Crippen LogP) is 1.37. The van der Waals surface area contributed by atoms with Crippen LogP contribution in [0.4, 0.5) is 0 Å². The van der Waals surface area contributed by atoms with Gasteiger partial charge in [-0.1, -0.05) is 13.3 Å². The van der Waals surface area contributed by atoms with E-state index in [2.05, 4.69) is 6.92 Å². The summed E-state index contributed by atoms with van der Waals surface area (Å²) in [6, 6.07) is 5.28. The number of nitrogens with zero attached hydrogens (tertiary/aromatic N) is 1.